The highest BCUT2D eigenvalue weighted by Crippen LogP contribution is 2.23. The van der Waals surface area contributed by atoms with Gasteiger partial charge in [0.15, 0.2) is 0 Å². The maximum absolute atomic E-state index is 13.1. The minimum atomic E-state index is -0.692. The topological polar surface area (TPSA) is 82.5 Å². The number of nitrogen functional groups attached to an aromatic ring is 1. The van der Waals surface area contributed by atoms with Crippen LogP contribution in [0.5, 0.6) is 0 Å². The van der Waals surface area contributed by atoms with Crippen molar-refractivity contribution >= 4 is 22.6 Å². The second-order valence-electron chi connectivity index (χ2n) is 5.83. The summed E-state index contributed by atoms with van der Waals surface area (Å²) in [6.07, 6.45) is 0. The zero-order chi connectivity index (χ0) is 18.1. The van der Waals surface area contributed by atoms with Crippen LogP contribution in [-0.2, 0) is 11.3 Å². The second-order valence-corrected chi connectivity index (χ2v) is 5.83. The van der Waals surface area contributed by atoms with Gasteiger partial charge >= 0.3 is 11.6 Å². The number of rotatable bonds is 3. The van der Waals surface area contributed by atoms with Gasteiger partial charge < -0.3 is 14.9 Å². The molecule has 0 saturated heterocycles. The molecule has 3 aromatic rings. The molecule has 0 unspecified atom stereocenters. The van der Waals surface area contributed by atoms with Crippen molar-refractivity contribution in [1.82, 2.24) is 0 Å². The predicted octanol–water partition coefficient (Wildman–Crippen LogP) is 3.49. The van der Waals surface area contributed by atoms with Gasteiger partial charge in [0, 0.05) is 22.7 Å². The lowest BCUT2D eigenvalue weighted by Crippen LogP contribution is -2.10. The number of nitrogens with two attached hydrogens (primary N) is 1. The molecule has 6 heteroatoms. The molecule has 0 aliphatic heterocycles. The minimum absolute atomic E-state index is 0.00565. The van der Waals surface area contributed by atoms with E-state index in [0.29, 0.717) is 16.5 Å². The molecule has 0 radical (unpaired) electrons. The van der Waals surface area contributed by atoms with E-state index >= 15 is 0 Å². The Balaban J connectivity index is 1.91. The van der Waals surface area contributed by atoms with E-state index in [2.05, 4.69) is 0 Å². The zero-order valence-electron chi connectivity index (χ0n) is 13.8. The summed E-state index contributed by atoms with van der Waals surface area (Å²) in [5, 5.41) is 0.697. The molecule has 2 aromatic carbocycles. The van der Waals surface area contributed by atoms with Crippen molar-refractivity contribution in [2.45, 2.75) is 20.5 Å². The monoisotopic (exact) mass is 341 g/mol. The average molecular weight is 341 g/mol. The number of benzene rings is 2. The number of anilines is 1. The Kier molecular flexibility index (Phi) is 4.27. The highest BCUT2D eigenvalue weighted by Gasteiger charge is 2.14. The molecule has 5 nitrogen and oxygen atoms in total. The molecule has 1 heterocycles. The van der Waals surface area contributed by atoms with Crippen LogP contribution in [0, 0.1) is 19.7 Å². The summed E-state index contributed by atoms with van der Waals surface area (Å²) in [7, 11) is 0. The normalized spacial score (nSPS) is 10.8. The molecule has 0 aliphatic rings. The quantitative estimate of drug-likeness (QED) is 0.448. The van der Waals surface area contributed by atoms with Gasteiger partial charge in [0.05, 0.1) is 5.56 Å². The molecule has 0 bridgehead atoms. The molecule has 1 aromatic heterocycles. The van der Waals surface area contributed by atoms with Crippen molar-refractivity contribution < 1.29 is 18.3 Å². The van der Waals surface area contributed by atoms with Crippen LogP contribution >= 0.6 is 0 Å². The van der Waals surface area contributed by atoms with E-state index in [0.717, 1.165) is 23.3 Å². The van der Waals surface area contributed by atoms with Gasteiger partial charge in [0.25, 0.3) is 0 Å². The van der Waals surface area contributed by atoms with Gasteiger partial charge in [-0.15, -0.1) is 0 Å². The van der Waals surface area contributed by atoms with E-state index in [-0.39, 0.29) is 17.9 Å². The summed E-state index contributed by atoms with van der Waals surface area (Å²) in [6.45, 7) is 3.73. The molecular formula is C19H16FNO4. The number of hydrogen-bond donors (Lipinski definition) is 1. The van der Waals surface area contributed by atoms with Crippen LogP contribution in [0.1, 0.15) is 27.0 Å². The van der Waals surface area contributed by atoms with Crippen LogP contribution in [0.4, 0.5) is 10.1 Å². The van der Waals surface area contributed by atoms with E-state index in [4.69, 9.17) is 14.9 Å². The molecule has 0 aliphatic carbocycles. The van der Waals surface area contributed by atoms with Crippen LogP contribution in [0.15, 0.2) is 45.6 Å². The van der Waals surface area contributed by atoms with Crippen molar-refractivity contribution in [2.24, 2.45) is 0 Å². The fourth-order valence-corrected chi connectivity index (χ4v) is 2.54. The zero-order valence-corrected chi connectivity index (χ0v) is 13.8. The lowest BCUT2D eigenvalue weighted by molar-refractivity contribution is 0.0475. The van der Waals surface area contributed by atoms with Gasteiger partial charge in [0.1, 0.15) is 18.0 Å². The molecule has 0 saturated carbocycles. The van der Waals surface area contributed by atoms with Gasteiger partial charge in [0.2, 0.25) is 0 Å². The van der Waals surface area contributed by atoms with Crippen LogP contribution in [0.25, 0.3) is 11.0 Å². The maximum atomic E-state index is 13.1. The first kappa shape index (κ1) is 16.7. The van der Waals surface area contributed by atoms with E-state index in [1.165, 1.54) is 12.1 Å². The largest absolute Gasteiger partial charge is 0.457 e. The number of carbonyl (C=O) groups excluding carboxylic acids is 1. The first-order valence-corrected chi connectivity index (χ1v) is 7.61. The van der Waals surface area contributed by atoms with E-state index in [9.17, 15) is 14.0 Å². The summed E-state index contributed by atoms with van der Waals surface area (Å²) >= 11 is 0. The molecule has 2 N–H and O–H groups in total. The minimum Gasteiger partial charge on any atom is -0.457 e. The Morgan fingerprint density at radius 1 is 1.16 bits per heavy atom. The van der Waals surface area contributed by atoms with Crippen molar-refractivity contribution in [3.8, 4) is 0 Å². The van der Waals surface area contributed by atoms with Crippen molar-refractivity contribution in [2.75, 3.05) is 5.73 Å². The van der Waals surface area contributed by atoms with Crippen LogP contribution in [-0.4, -0.2) is 5.97 Å². The van der Waals surface area contributed by atoms with Crippen LogP contribution < -0.4 is 11.4 Å². The number of halogens is 1. The molecule has 25 heavy (non-hydrogen) atoms. The third-order valence-corrected chi connectivity index (χ3v) is 4.04. The second kappa shape index (κ2) is 6.39. The number of hydrogen-bond acceptors (Lipinski definition) is 5. The van der Waals surface area contributed by atoms with E-state index in [1.807, 2.05) is 19.9 Å². The van der Waals surface area contributed by atoms with E-state index < -0.39 is 17.4 Å². The van der Waals surface area contributed by atoms with Crippen molar-refractivity contribution in [1.29, 1.82) is 0 Å². The number of ether oxygens (including phenoxy) is 1. The standard InChI is InChI=1S/C19H16FNO4/c1-10-5-15-12(7-18(22)25-17(15)6-11(10)2)9-24-19(23)14-4-3-13(20)8-16(14)21/h3-8H,9,21H2,1-2H3. The molecule has 128 valence electrons. The third-order valence-electron chi connectivity index (χ3n) is 4.04. The summed E-state index contributed by atoms with van der Waals surface area (Å²) < 4.78 is 23.5. The first-order valence-electron chi connectivity index (χ1n) is 7.61. The number of fused-ring (bicyclic) bond motifs is 1. The summed E-state index contributed by atoms with van der Waals surface area (Å²) in [5.41, 5.74) is 8.15. The highest BCUT2D eigenvalue weighted by atomic mass is 19.1. The lowest BCUT2D eigenvalue weighted by Gasteiger charge is -2.10. The molecule has 3 rings (SSSR count). The van der Waals surface area contributed by atoms with Crippen molar-refractivity contribution in [3.63, 3.8) is 0 Å². The molecule has 0 atom stereocenters. The van der Waals surface area contributed by atoms with Crippen LogP contribution in [0.2, 0.25) is 0 Å². The highest BCUT2D eigenvalue weighted by molar-refractivity contribution is 5.95. The Hall–Kier alpha value is -3.15. The van der Waals surface area contributed by atoms with E-state index in [1.54, 1.807) is 6.07 Å². The molecule has 0 spiro atoms. The summed E-state index contributed by atoms with van der Waals surface area (Å²) in [4.78, 5) is 23.9. The Labute approximate surface area is 142 Å². The Morgan fingerprint density at radius 2 is 1.88 bits per heavy atom. The maximum Gasteiger partial charge on any atom is 0.340 e. The fraction of sp³-hybridized carbons (Fsp3) is 0.158. The van der Waals surface area contributed by atoms with Gasteiger partial charge in [-0.25, -0.2) is 14.0 Å². The van der Waals surface area contributed by atoms with Gasteiger partial charge in [-0.2, -0.15) is 0 Å². The summed E-state index contributed by atoms with van der Waals surface area (Å²) in [6, 6.07) is 8.38. The first-order chi connectivity index (χ1) is 11.8. The molecule has 0 fully saturated rings. The smallest absolute Gasteiger partial charge is 0.340 e. The Morgan fingerprint density at radius 3 is 2.60 bits per heavy atom. The van der Waals surface area contributed by atoms with Gasteiger partial charge in [-0.05, 0) is 55.3 Å². The van der Waals surface area contributed by atoms with Gasteiger partial charge in [-0.3, -0.25) is 0 Å². The number of aryl methyl sites for hydroxylation is 2. The fourth-order valence-electron chi connectivity index (χ4n) is 2.54. The SMILES string of the molecule is Cc1cc2oc(=O)cc(COC(=O)c3ccc(F)cc3N)c2cc1C. The summed E-state index contributed by atoms with van der Waals surface area (Å²) in [5.74, 6) is -1.23. The van der Waals surface area contributed by atoms with Crippen LogP contribution in [0.3, 0.4) is 0 Å². The average Bonchev–Trinajstić information content (AvgIpc) is 2.54. The predicted molar refractivity (Wildman–Crippen MR) is 91.9 cm³/mol. The molecule has 0 amide bonds. The molecular weight excluding hydrogens is 325 g/mol. The lowest BCUT2D eigenvalue weighted by atomic mass is 10.0. The van der Waals surface area contributed by atoms with Gasteiger partial charge in [-0.1, -0.05) is 0 Å². The van der Waals surface area contributed by atoms with Crippen molar-refractivity contribution in [3.05, 3.63) is 74.9 Å². The third kappa shape index (κ3) is 3.38. The number of esters is 1. The Bertz CT molecular complexity index is 1040. The number of carbonyl (C=O) groups is 1.